The quantitative estimate of drug-likeness (QED) is 0.790. The maximum absolute atomic E-state index is 12.0. The Labute approximate surface area is 126 Å². The van der Waals surface area contributed by atoms with Gasteiger partial charge in [-0.25, -0.2) is 4.79 Å². The highest BCUT2D eigenvalue weighted by Gasteiger charge is 2.32. The van der Waals surface area contributed by atoms with Crippen LogP contribution in [0.3, 0.4) is 0 Å². The van der Waals surface area contributed by atoms with Gasteiger partial charge >= 0.3 is 5.97 Å². The van der Waals surface area contributed by atoms with E-state index in [4.69, 9.17) is 9.47 Å². The summed E-state index contributed by atoms with van der Waals surface area (Å²) in [5.41, 5.74) is 1.26. The fourth-order valence-electron chi connectivity index (χ4n) is 2.95. The number of ether oxygens (including phenoxy) is 2. The summed E-state index contributed by atoms with van der Waals surface area (Å²) in [4.78, 5) is 14.3. The maximum Gasteiger partial charge on any atom is 0.341 e. The van der Waals surface area contributed by atoms with Crippen LogP contribution >= 0.6 is 0 Å². The summed E-state index contributed by atoms with van der Waals surface area (Å²) in [5, 5.41) is 4.20. The summed E-state index contributed by atoms with van der Waals surface area (Å²) in [7, 11) is 1.85. The molecule has 118 valence electrons. The smallest absolute Gasteiger partial charge is 0.341 e. The Bertz CT molecular complexity index is 510. The second-order valence-electron chi connectivity index (χ2n) is 6.21. The van der Waals surface area contributed by atoms with E-state index in [-0.39, 0.29) is 17.7 Å². The number of aryl methyl sites for hydroxylation is 1. The minimum Gasteiger partial charge on any atom is -0.462 e. The lowest BCUT2D eigenvalue weighted by atomic mass is 10.0. The van der Waals surface area contributed by atoms with Crippen molar-refractivity contribution in [1.82, 2.24) is 14.7 Å². The van der Waals surface area contributed by atoms with Crippen LogP contribution in [-0.4, -0.2) is 52.1 Å². The number of nitrogens with zero attached hydrogens (tertiary/aromatic N) is 3. The molecule has 1 aliphatic heterocycles. The lowest BCUT2D eigenvalue weighted by Crippen LogP contribution is -2.51. The number of carbonyl (C=O) groups excluding carboxylic acids is 1. The molecule has 0 N–H and O–H groups in total. The highest BCUT2D eigenvalue weighted by Crippen LogP contribution is 2.23. The predicted molar refractivity (Wildman–Crippen MR) is 79.1 cm³/mol. The molecule has 0 amide bonds. The van der Waals surface area contributed by atoms with Gasteiger partial charge in [0, 0.05) is 26.7 Å². The second-order valence-corrected chi connectivity index (χ2v) is 6.21. The van der Waals surface area contributed by atoms with Crippen LogP contribution in [0.25, 0.3) is 0 Å². The van der Waals surface area contributed by atoms with Gasteiger partial charge < -0.3 is 9.47 Å². The Morgan fingerprint density at radius 1 is 1.57 bits per heavy atom. The molecule has 1 aliphatic rings. The monoisotopic (exact) mass is 295 g/mol. The van der Waals surface area contributed by atoms with Gasteiger partial charge in [-0.2, -0.15) is 5.10 Å². The summed E-state index contributed by atoms with van der Waals surface area (Å²) in [6.07, 6.45) is 1.76. The van der Waals surface area contributed by atoms with Gasteiger partial charge in [0.1, 0.15) is 5.56 Å². The molecule has 0 saturated carbocycles. The maximum atomic E-state index is 12.0. The number of aromatic nitrogens is 2. The van der Waals surface area contributed by atoms with Crippen LogP contribution in [0, 0.1) is 0 Å². The number of hydrogen-bond acceptors (Lipinski definition) is 5. The van der Waals surface area contributed by atoms with E-state index in [0.29, 0.717) is 18.7 Å². The molecular weight excluding hydrogens is 270 g/mol. The fraction of sp³-hybridized carbons (Fsp3) is 0.733. The summed E-state index contributed by atoms with van der Waals surface area (Å²) in [6, 6.07) is 0. The first-order valence-electron chi connectivity index (χ1n) is 7.40. The molecule has 6 heteroatoms. The molecule has 0 radical (unpaired) electrons. The number of esters is 1. The molecule has 0 aromatic carbocycles. The molecule has 1 saturated heterocycles. The summed E-state index contributed by atoms with van der Waals surface area (Å²) in [5.74, 6) is -0.304. The Balaban J connectivity index is 2.15. The van der Waals surface area contributed by atoms with Crippen LogP contribution in [0.4, 0.5) is 0 Å². The minimum absolute atomic E-state index is 0.174. The minimum atomic E-state index is -0.304. The SMILES string of the molecule is CCOC(=O)c1cnn(C)c1CN1CC(C)OC(C)(C)C1. The van der Waals surface area contributed by atoms with Crippen molar-refractivity contribution in [3.63, 3.8) is 0 Å². The predicted octanol–water partition coefficient (Wildman–Crippen LogP) is 1.60. The van der Waals surface area contributed by atoms with Crippen molar-refractivity contribution in [2.45, 2.75) is 45.9 Å². The largest absolute Gasteiger partial charge is 0.462 e. The molecule has 21 heavy (non-hydrogen) atoms. The first-order valence-corrected chi connectivity index (χ1v) is 7.40. The van der Waals surface area contributed by atoms with Crippen molar-refractivity contribution in [3.05, 3.63) is 17.5 Å². The number of hydrogen-bond donors (Lipinski definition) is 0. The second kappa shape index (κ2) is 6.15. The Morgan fingerprint density at radius 3 is 2.90 bits per heavy atom. The first kappa shape index (κ1) is 16.0. The molecule has 2 rings (SSSR count). The molecule has 1 aromatic heterocycles. The molecule has 0 aliphatic carbocycles. The molecule has 1 unspecified atom stereocenters. The molecule has 0 spiro atoms. The molecule has 1 aromatic rings. The van der Waals surface area contributed by atoms with E-state index in [1.54, 1.807) is 17.8 Å². The van der Waals surface area contributed by atoms with Crippen molar-refractivity contribution < 1.29 is 14.3 Å². The van der Waals surface area contributed by atoms with Crippen molar-refractivity contribution in [2.24, 2.45) is 7.05 Å². The highest BCUT2D eigenvalue weighted by atomic mass is 16.5. The van der Waals surface area contributed by atoms with E-state index in [1.165, 1.54) is 0 Å². The van der Waals surface area contributed by atoms with E-state index < -0.39 is 0 Å². The Kier molecular flexibility index (Phi) is 4.68. The van der Waals surface area contributed by atoms with Crippen LogP contribution in [-0.2, 0) is 23.1 Å². The van der Waals surface area contributed by atoms with Gasteiger partial charge in [-0.15, -0.1) is 0 Å². The normalized spacial score (nSPS) is 22.2. The van der Waals surface area contributed by atoms with Crippen LogP contribution in [0.2, 0.25) is 0 Å². The molecule has 1 atom stereocenters. The molecular formula is C15H25N3O3. The lowest BCUT2D eigenvalue weighted by Gasteiger charge is -2.41. The zero-order chi connectivity index (χ0) is 15.6. The van der Waals surface area contributed by atoms with E-state index in [1.807, 2.05) is 7.05 Å². The first-order chi connectivity index (χ1) is 9.82. The van der Waals surface area contributed by atoms with E-state index in [9.17, 15) is 4.79 Å². The fourth-order valence-corrected chi connectivity index (χ4v) is 2.95. The standard InChI is InChI=1S/C15H25N3O3/c1-6-20-14(19)12-7-16-17(5)13(12)9-18-8-11(2)21-15(3,4)10-18/h7,11H,6,8-10H2,1-5H3. The van der Waals surface area contributed by atoms with Crippen LogP contribution in [0.15, 0.2) is 6.20 Å². The molecule has 2 heterocycles. The number of carbonyl (C=O) groups is 1. The topological polar surface area (TPSA) is 56.6 Å². The average Bonchev–Trinajstić information content (AvgIpc) is 2.69. The summed E-state index contributed by atoms with van der Waals surface area (Å²) in [6.45, 7) is 10.8. The Morgan fingerprint density at radius 2 is 2.29 bits per heavy atom. The van der Waals surface area contributed by atoms with E-state index in [0.717, 1.165) is 18.8 Å². The van der Waals surface area contributed by atoms with Crippen LogP contribution in [0.5, 0.6) is 0 Å². The summed E-state index contributed by atoms with van der Waals surface area (Å²) >= 11 is 0. The van der Waals surface area contributed by atoms with Gasteiger partial charge in [-0.1, -0.05) is 0 Å². The van der Waals surface area contributed by atoms with Gasteiger partial charge in [-0.05, 0) is 27.7 Å². The average molecular weight is 295 g/mol. The molecule has 0 bridgehead atoms. The number of morpholine rings is 1. The zero-order valence-electron chi connectivity index (χ0n) is 13.5. The van der Waals surface area contributed by atoms with Crippen LogP contribution in [0.1, 0.15) is 43.7 Å². The molecule has 6 nitrogen and oxygen atoms in total. The van der Waals surface area contributed by atoms with Crippen molar-refractivity contribution in [1.29, 1.82) is 0 Å². The third-order valence-electron chi connectivity index (χ3n) is 3.57. The van der Waals surface area contributed by atoms with Crippen molar-refractivity contribution in [2.75, 3.05) is 19.7 Å². The lowest BCUT2D eigenvalue weighted by molar-refractivity contribution is -0.131. The third kappa shape index (κ3) is 3.83. The van der Waals surface area contributed by atoms with Gasteiger partial charge in [0.05, 0.1) is 30.2 Å². The zero-order valence-corrected chi connectivity index (χ0v) is 13.5. The van der Waals surface area contributed by atoms with E-state index >= 15 is 0 Å². The van der Waals surface area contributed by atoms with Crippen molar-refractivity contribution in [3.8, 4) is 0 Å². The molecule has 1 fully saturated rings. The van der Waals surface area contributed by atoms with Gasteiger partial charge in [-0.3, -0.25) is 9.58 Å². The van der Waals surface area contributed by atoms with Gasteiger partial charge in [0.2, 0.25) is 0 Å². The van der Waals surface area contributed by atoms with Crippen LogP contribution < -0.4 is 0 Å². The highest BCUT2D eigenvalue weighted by molar-refractivity contribution is 5.90. The number of rotatable bonds is 4. The Hall–Kier alpha value is -1.40. The van der Waals surface area contributed by atoms with E-state index in [2.05, 4.69) is 30.8 Å². The third-order valence-corrected chi connectivity index (χ3v) is 3.57. The van der Waals surface area contributed by atoms with Gasteiger partial charge in [0.15, 0.2) is 0 Å². The summed E-state index contributed by atoms with van der Waals surface area (Å²) < 4.78 is 12.8. The van der Waals surface area contributed by atoms with Gasteiger partial charge in [0.25, 0.3) is 0 Å². The van der Waals surface area contributed by atoms with Crippen molar-refractivity contribution >= 4 is 5.97 Å².